The Hall–Kier alpha value is -2.52. The van der Waals surface area contributed by atoms with Crippen LogP contribution in [0.1, 0.15) is 16.1 Å². The summed E-state index contributed by atoms with van der Waals surface area (Å²) in [7, 11) is 0. The van der Waals surface area contributed by atoms with E-state index in [9.17, 15) is 4.79 Å². The number of hydrogen-bond donors (Lipinski definition) is 3. The molecule has 18 heavy (non-hydrogen) atoms. The van der Waals surface area contributed by atoms with E-state index in [1.165, 1.54) is 18.3 Å². The van der Waals surface area contributed by atoms with Crippen LogP contribution in [0, 0.1) is 11.3 Å². The number of amides is 1. The molecule has 2 aromatic rings. The van der Waals surface area contributed by atoms with Gasteiger partial charge in [0, 0.05) is 5.69 Å². The number of rotatable bonds is 2. The van der Waals surface area contributed by atoms with Crippen LogP contribution in [-0.4, -0.2) is 16.1 Å². The summed E-state index contributed by atoms with van der Waals surface area (Å²) in [4.78, 5) is 11.8. The molecule has 2 rings (SSSR count). The van der Waals surface area contributed by atoms with Crippen molar-refractivity contribution in [3.63, 3.8) is 0 Å². The lowest BCUT2D eigenvalue weighted by Crippen LogP contribution is -2.14. The molecule has 1 heterocycles. The first-order valence-corrected chi connectivity index (χ1v) is 5.29. The highest BCUT2D eigenvalue weighted by molar-refractivity contribution is 6.31. The molecule has 4 N–H and O–H groups in total. The van der Waals surface area contributed by atoms with Crippen molar-refractivity contribution in [1.29, 1.82) is 5.26 Å². The van der Waals surface area contributed by atoms with Gasteiger partial charge in [-0.25, -0.2) is 0 Å². The zero-order valence-corrected chi connectivity index (χ0v) is 9.82. The van der Waals surface area contributed by atoms with E-state index in [0.717, 1.165) is 0 Å². The summed E-state index contributed by atoms with van der Waals surface area (Å²) in [6.45, 7) is 0. The number of nitrogens with zero attached hydrogens (tertiary/aromatic N) is 2. The summed E-state index contributed by atoms with van der Waals surface area (Å²) >= 11 is 5.79. The Labute approximate surface area is 107 Å². The number of halogens is 1. The number of aromatic amines is 1. The van der Waals surface area contributed by atoms with Gasteiger partial charge in [-0.15, -0.1) is 0 Å². The lowest BCUT2D eigenvalue weighted by atomic mass is 10.2. The van der Waals surface area contributed by atoms with Crippen molar-refractivity contribution < 1.29 is 4.79 Å². The summed E-state index contributed by atoms with van der Waals surface area (Å²) in [5.74, 6) is -0.434. The van der Waals surface area contributed by atoms with Gasteiger partial charge >= 0.3 is 0 Å². The second kappa shape index (κ2) is 4.77. The third-order valence-corrected chi connectivity index (χ3v) is 2.57. The first kappa shape index (κ1) is 12.0. The lowest BCUT2D eigenvalue weighted by Gasteiger charge is -2.05. The summed E-state index contributed by atoms with van der Waals surface area (Å²) in [6.07, 6.45) is 1.34. The number of benzene rings is 1. The number of anilines is 2. The normalized spacial score (nSPS) is 9.78. The molecular formula is C11H8ClN5O. The van der Waals surface area contributed by atoms with E-state index < -0.39 is 5.91 Å². The maximum atomic E-state index is 11.8. The van der Waals surface area contributed by atoms with Crippen molar-refractivity contribution in [1.82, 2.24) is 10.2 Å². The second-order valence-electron chi connectivity index (χ2n) is 3.46. The molecule has 1 aromatic heterocycles. The molecule has 7 heteroatoms. The number of carbonyl (C=O) groups is 1. The minimum atomic E-state index is -0.434. The molecule has 0 saturated heterocycles. The first-order chi connectivity index (χ1) is 8.61. The van der Waals surface area contributed by atoms with Gasteiger partial charge in [-0.05, 0) is 18.2 Å². The van der Waals surface area contributed by atoms with Crippen LogP contribution in [0.4, 0.5) is 11.4 Å². The quantitative estimate of drug-likeness (QED) is 0.765. The predicted octanol–water partition coefficient (Wildman–Crippen LogP) is 1.77. The maximum absolute atomic E-state index is 11.8. The van der Waals surface area contributed by atoms with Gasteiger partial charge in [-0.3, -0.25) is 9.89 Å². The van der Waals surface area contributed by atoms with Crippen molar-refractivity contribution in [3.8, 4) is 6.07 Å². The van der Waals surface area contributed by atoms with Crippen molar-refractivity contribution >= 4 is 28.9 Å². The zero-order chi connectivity index (χ0) is 13.1. The Kier molecular flexibility index (Phi) is 3.17. The summed E-state index contributed by atoms with van der Waals surface area (Å²) in [6, 6.07) is 6.53. The fourth-order valence-electron chi connectivity index (χ4n) is 1.36. The van der Waals surface area contributed by atoms with E-state index in [1.807, 2.05) is 6.07 Å². The molecule has 0 fully saturated rings. The molecule has 6 nitrogen and oxygen atoms in total. The SMILES string of the molecule is N#Cc1cc(NC(=O)c2[nH]ncc2N)ccc1Cl. The Morgan fingerprint density at radius 2 is 2.33 bits per heavy atom. The fourth-order valence-corrected chi connectivity index (χ4v) is 1.52. The second-order valence-corrected chi connectivity index (χ2v) is 3.87. The highest BCUT2D eigenvalue weighted by Gasteiger charge is 2.12. The molecule has 0 aliphatic carbocycles. The standard InChI is InChI=1S/C11H8ClN5O/c12-8-2-1-7(3-6(8)4-13)16-11(18)10-9(14)5-15-17-10/h1-3,5H,14H2,(H,15,17)(H,16,18). The molecule has 0 bridgehead atoms. The Balaban J connectivity index is 2.23. The molecular weight excluding hydrogens is 254 g/mol. The number of nitrogens with one attached hydrogen (secondary N) is 2. The maximum Gasteiger partial charge on any atom is 0.275 e. The van der Waals surface area contributed by atoms with Crippen LogP contribution in [0.15, 0.2) is 24.4 Å². The van der Waals surface area contributed by atoms with E-state index in [4.69, 9.17) is 22.6 Å². The lowest BCUT2D eigenvalue weighted by molar-refractivity contribution is 0.102. The third kappa shape index (κ3) is 2.26. The average molecular weight is 262 g/mol. The van der Waals surface area contributed by atoms with Gasteiger partial charge in [0.15, 0.2) is 0 Å². The molecule has 1 amide bonds. The fraction of sp³-hybridized carbons (Fsp3) is 0. The monoisotopic (exact) mass is 261 g/mol. The molecule has 0 spiro atoms. The molecule has 0 saturated carbocycles. The van der Waals surface area contributed by atoms with Crippen LogP contribution >= 0.6 is 11.6 Å². The van der Waals surface area contributed by atoms with Gasteiger partial charge < -0.3 is 11.1 Å². The number of nitrogen functional groups attached to an aromatic ring is 1. The van der Waals surface area contributed by atoms with Gasteiger partial charge in [-0.2, -0.15) is 10.4 Å². The molecule has 90 valence electrons. The molecule has 0 aliphatic heterocycles. The van der Waals surface area contributed by atoms with Gasteiger partial charge in [-0.1, -0.05) is 11.6 Å². The third-order valence-electron chi connectivity index (χ3n) is 2.24. The van der Waals surface area contributed by atoms with Crippen LogP contribution in [0.3, 0.4) is 0 Å². The average Bonchev–Trinajstić information content (AvgIpc) is 2.78. The van der Waals surface area contributed by atoms with E-state index in [2.05, 4.69) is 15.5 Å². The smallest absolute Gasteiger partial charge is 0.275 e. The van der Waals surface area contributed by atoms with E-state index in [-0.39, 0.29) is 16.9 Å². The number of carbonyl (C=O) groups excluding carboxylic acids is 1. The van der Waals surface area contributed by atoms with Crippen molar-refractivity contribution in [2.75, 3.05) is 11.1 Å². The molecule has 0 unspecified atom stereocenters. The zero-order valence-electron chi connectivity index (χ0n) is 9.07. The highest BCUT2D eigenvalue weighted by Crippen LogP contribution is 2.20. The van der Waals surface area contributed by atoms with Gasteiger partial charge in [0.25, 0.3) is 5.91 Å². The summed E-state index contributed by atoms with van der Waals surface area (Å²) in [5, 5.41) is 17.9. The van der Waals surface area contributed by atoms with Crippen LogP contribution < -0.4 is 11.1 Å². The van der Waals surface area contributed by atoms with E-state index in [0.29, 0.717) is 10.7 Å². The van der Waals surface area contributed by atoms with Crippen molar-refractivity contribution in [3.05, 3.63) is 40.7 Å². The summed E-state index contributed by atoms with van der Waals surface area (Å²) in [5.41, 5.74) is 6.71. The van der Waals surface area contributed by atoms with Crippen LogP contribution in [-0.2, 0) is 0 Å². The molecule has 0 radical (unpaired) electrons. The van der Waals surface area contributed by atoms with Crippen LogP contribution in [0.2, 0.25) is 5.02 Å². The minimum Gasteiger partial charge on any atom is -0.396 e. The number of aromatic nitrogens is 2. The first-order valence-electron chi connectivity index (χ1n) is 4.91. The topological polar surface area (TPSA) is 108 Å². The summed E-state index contributed by atoms with van der Waals surface area (Å²) < 4.78 is 0. The molecule has 1 aromatic carbocycles. The van der Waals surface area contributed by atoms with Crippen molar-refractivity contribution in [2.45, 2.75) is 0 Å². The highest BCUT2D eigenvalue weighted by atomic mass is 35.5. The largest absolute Gasteiger partial charge is 0.396 e. The molecule has 0 aliphatic rings. The minimum absolute atomic E-state index is 0.170. The Morgan fingerprint density at radius 3 is 2.94 bits per heavy atom. The van der Waals surface area contributed by atoms with E-state index in [1.54, 1.807) is 6.07 Å². The number of H-pyrrole nitrogens is 1. The number of nitriles is 1. The van der Waals surface area contributed by atoms with Gasteiger partial charge in [0.1, 0.15) is 11.8 Å². The Bertz CT molecular complexity index is 643. The van der Waals surface area contributed by atoms with Gasteiger partial charge in [0.2, 0.25) is 0 Å². The molecule has 0 atom stereocenters. The van der Waals surface area contributed by atoms with Crippen molar-refractivity contribution in [2.24, 2.45) is 0 Å². The van der Waals surface area contributed by atoms with Crippen LogP contribution in [0.5, 0.6) is 0 Å². The van der Waals surface area contributed by atoms with E-state index >= 15 is 0 Å². The number of nitrogens with two attached hydrogens (primary N) is 1. The van der Waals surface area contributed by atoms with Crippen LogP contribution in [0.25, 0.3) is 0 Å². The predicted molar refractivity (Wildman–Crippen MR) is 67.1 cm³/mol. The Morgan fingerprint density at radius 1 is 1.56 bits per heavy atom. The number of hydrogen-bond acceptors (Lipinski definition) is 4. The van der Waals surface area contributed by atoms with Gasteiger partial charge in [0.05, 0.1) is 22.5 Å².